The Bertz CT molecular complexity index is 754. The van der Waals surface area contributed by atoms with E-state index in [2.05, 4.69) is 39.2 Å². The number of aromatic nitrogens is 1. The summed E-state index contributed by atoms with van der Waals surface area (Å²) in [5, 5.41) is 4.89. The van der Waals surface area contributed by atoms with Crippen molar-refractivity contribution in [2.75, 3.05) is 5.32 Å². The number of aryl methyl sites for hydroxylation is 1. The lowest BCUT2D eigenvalue weighted by molar-refractivity contribution is 1.40. The second kappa shape index (κ2) is 5.12. The molecule has 0 aliphatic carbocycles. The van der Waals surface area contributed by atoms with Crippen LogP contribution in [0.1, 0.15) is 5.56 Å². The molecule has 3 rings (SSSR count). The van der Waals surface area contributed by atoms with E-state index in [0.29, 0.717) is 5.02 Å². The fourth-order valence-corrected chi connectivity index (χ4v) is 3.16. The number of anilines is 2. The molecule has 0 fully saturated rings. The number of halogens is 2. The smallest absolute Gasteiger partial charge is 0.188 e. The van der Waals surface area contributed by atoms with Gasteiger partial charge < -0.3 is 5.32 Å². The molecule has 96 valence electrons. The molecule has 0 spiro atoms. The monoisotopic (exact) mass is 352 g/mol. The topological polar surface area (TPSA) is 24.9 Å². The quantitative estimate of drug-likeness (QED) is 0.633. The van der Waals surface area contributed by atoms with E-state index in [1.165, 1.54) is 5.56 Å². The lowest BCUT2D eigenvalue weighted by Gasteiger charge is -2.04. The highest BCUT2D eigenvalue weighted by Gasteiger charge is 2.05. The van der Waals surface area contributed by atoms with E-state index in [1.807, 2.05) is 30.3 Å². The molecule has 1 N–H and O–H groups in total. The van der Waals surface area contributed by atoms with Gasteiger partial charge in [0.25, 0.3) is 0 Å². The van der Waals surface area contributed by atoms with Gasteiger partial charge in [-0.05, 0) is 42.8 Å². The van der Waals surface area contributed by atoms with Gasteiger partial charge >= 0.3 is 0 Å². The second-order valence-electron chi connectivity index (χ2n) is 4.22. The Balaban J connectivity index is 1.94. The summed E-state index contributed by atoms with van der Waals surface area (Å²) in [4.78, 5) is 4.53. The van der Waals surface area contributed by atoms with Gasteiger partial charge in [0.15, 0.2) is 5.13 Å². The SMILES string of the molecule is Cc1ccc(Nc2nc3cc(Cl)ccc3s2)cc1Br. The average molecular weight is 354 g/mol. The van der Waals surface area contributed by atoms with Gasteiger partial charge in [0, 0.05) is 15.2 Å². The fraction of sp³-hybridized carbons (Fsp3) is 0.0714. The van der Waals surface area contributed by atoms with Gasteiger partial charge in [-0.15, -0.1) is 0 Å². The van der Waals surface area contributed by atoms with Crippen LogP contribution in [0.25, 0.3) is 10.2 Å². The number of nitrogens with zero attached hydrogens (tertiary/aromatic N) is 1. The molecular formula is C14H10BrClN2S. The first-order chi connectivity index (χ1) is 9.11. The van der Waals surface area contributed by atoms with Crippen molar-refractivity contribution >= 4 is 59.9 Å². The van der Waals surface area contributed by atoms with Gasteiger partial charge in [-0.25, -0.2) is 4.98 Å². The van der Waals surface area contributed by atoms with Crippen molar-refractivity contribution in [2.24, 2.45) is 0 Å². The molecule has 5 heteroatoms. The first-order valence-electron chi connectivity index (χ1n) is 5.71. The highest BCUT2D eigenvalue weighted by Crippen LogP contribution is 2.31. The molecule has 3 aromatic rings. The standard InChI is InChI=1S/C14H10BrClN2S/c1-8-2-4-10(7-11(8)15)17-14-18-12-6-9(16)3-5-13(12)19-14/h2-7H,1H3,(H,17,18). The van der Waals surface area contributed by atoms with Crippen molar-refractivity contribution in [3.63, 3.8) is 0 Å². The molecule has 0 saturated heterocycles. The Kier molecular flexibility index (Phi) is 3.48. The fourth-order valence-electron chi connectivity index (χ4n) is 1.75. The van der Waals surface area contributed by atoms with E-state index in [1.54, 1.807) is 11.3 Å². The third kappa shape index (κ3) is 2.76. The van der Waals surface area contributed by atoms with E-state index in [9.17, 15) is 0 Å². The van der Waals surface area contributed by atoms with Gasteiger partial charge in [0.1, 0.15) is 0 Å². The van der Waals surface area contributed by atoms with Crippen LogP contribution in [0, 0.1) is 6.92 Å². The zero-order chi connectivity index (χ0) is 13.4. The molecule has 0 amide bonds. The van der Waals surface area contributed by atoms with Gasteiger partial charge in [-0.3, -0.25) is 0 Å². The second-order valence-corrected chi connectivity index (χ2v) is 6.54. The van der Waals surface area contributed by atoms with Crippen molar-refractivity contribution < 1.29 is 0 Å². The summed E-state index contributed by atoms with van der Waals surface area (Å²) < 4.78 is 2.21. The lowest BCUT2D eigenvalue weighted by Crippen LogP contribution is -1.89. The van der Waals surface area contributed by atoms with Crippen molar-refractivity contribution in [1.29, 1.82) is 0 Å². The summed E-state index contributed by atoms with van der Waals surface area (Å²) >= 11 is 11.1. The van der Waals surface area contributed by atoms with Gasteiger partial charge in [0.2, 0.25) is 0 Å². The molecule has 0 atom stereocenters. The third-order valence-electron chi connectivity index (χ3n) is 2.77. The molecule has 0 saturated carbocycles. The number of nitrogens with one attached hydrogen (secondary N) is 1. The Morgan fingerprint density at radius 2 is 2.05 bits per heavy atom. The van der Waals surface area contributed by atoms with Crippen molar-refractivity contribution in [1.82, 2.24) is 4.98 Å². The summed E-state index contributed by atoms with van der Waals surface area (Å²) in [7, 11) is 0. The van der Waals surface area contributed by atoms with Gasteiger partial charge in [-0.1, -0.05) is 44.9 Å². The summed E-state index contributed by atoms with van der Waals surface area (Å²) in [6, 6.07) is 11.9. The van der Waals surface area contributed by atoms with Crippen molar-refractivity contribution in [2.45, 2.75) is 6.92 Å². The first-order valence-corrected chi connectivity index (χ1v) is 7.70. The highest BCUT2D eigenvalue weighted by atomic mass is 79.9. The molecule has 0 bridgehead atoms. The van der Waals surface area contributed by atoms with Crippen LogP contribution in [0.15, 0.2) is 40.9 Å². The van der Waals surface area contributed by atoms with Gasteiger partial charge in [0.05, 0.1) is 10.2 Å². The van der Waals surface area contributed by atoms with Crippen LogP contribution in [0.2, 0.25) is 5.02 Å². The number of fused-ring (bicyclic) bond motifs is 1. The van der Waals surface area contributed by atoms with Crippen LogP contribution in [0.5, 0.6) is 0 Å². The first kappa shape index (κ1) is 12.9. The molecule has 0 unspecified atom stereocenters. The van der Waals surface area contributed by atoms with Crippen LogP contribution in [-0.4, -0.2) is 4.98 Å². The minimum Gasteiger partial charge on any atom is -0.331 e. The summed E-state index contributed by atoms with van der Waals surface area (Å²) in [6.45, 7) is 2.06. The minimum absolute atomic E-state index is 0.711. The molecule has 0 radical (unpaired) electrons. The summed E-state index contributed by atoms with van der Waals surface area (Å²) in [5.41, 5.74) is 3.15. The number of benzene rings is 2. The van der Waals surface area contributed by atoms with Crippen LogP contribution in [0.3, 0.4) is 0 Å². The van der Waals surface area contributed by atoms with E-state index in [4.69, 9.17) is 11.6 Å². The zero-order valence-corrected chi connectivity index (χ0v) is 13.2. The Morgan fingerprint density at radius 1 is 1.21 bits per heavy atom. The average Bonchev–Trinajstić information content (AvgIpc) is 2.75. The number of rotatable bonds is 2. The van der Waals surface area contributed by atoms with Crippen LogP contribution in [-0.2, 0) is 0 Å². The predicted octanol–water partition coefficient (Wildman–Crippen LogP) is 5.76. The zero-order valence-electron chi connectivity index (χ0n) is 10.1. The molecule has 2 aromatic carbocycles. The third-order valence-corrected chi connectivity index (χ3v) is 4.81. The molecule has 19 heavy (non-hydrogen) atoms. The molecule has 0 aliphatic heterocycles. The molecule has 2 nitrogen and oxygen atoms in total. The van der Waals surface area contributed by atoms with Crippen molar-refractivity contribution in [3.05, 3.63) is 51.5 Å². The maximum Gasteiger partial charge on any atom is 0.188 e. The van der Waals surface area contributed by atoms with Crippen LogP contribution in [0.4, 0.5) is 10.8 Å². The number of hydrogen-bond donors (Lipinski definition) is 1. The van der Waals surface area contributed by atoms with Crippen LogP contribution >= 0.6 is 38.9 Å². The van der Waals surface area contributed by atoms with E-state index < -0.39 is 0 Å². The van der Waals surface area contributed by atoms with Crippen molar-refractivity contribution in [3.8, 4) is 0 Å². The summed E-state index contributed by atoms with van der Waals surface area (Å²) in [5.74, 6) is 0. The highest BCUT2D eigenvalue weighted by molar-refractivity contribution is 9.10. The minimum atomic E-state index is 0.711. The van der Waals surface area contributed by atoms with E-state index >= 15 is 0 Å². The Hall–Kier alpha value is -1.10. The van der Waals surface area contributed by atoms with Crippen LogP contribution < -0.4 is 5.32 Å². The molecular weight excluding hydrogens is 344 g/mol. The Labute approximate surface area is 128 Å². The maximum absolute atomic E-state index is 5.96. The molecule has 1 aromatic heterocycles. The van der Waals surface area contributed by atoms with E-state index in [-0.39, 0.29) is 0 Å². The maximum atomic E-state index is 5.96. The largest absolute Gasteiger partial charge is 0.331 e. The van der Waals surface area contributed by atoms with Gasteiger partial charge in [-0.2, -0.15) is 0 Å². The normalized spacial score (nSPS) is 10.9. The lowest BCUT2D eigenvalue weighted by atomic mass is 10.2. The Morgan fingerprint density at radius 3 is 2.84 bits per heavy atom. The summed E-state index contributed by atoms with van der Waals surface area (Å²) in [6.07, 6.45) is 0. The number of thiazole rings is 1. The van der Waals surface area contributed by atoms with E-state index in [0.717, 1.165) is 25.5 Å². The number of hydrogen-bond acceptors (Lipinski definition) is 3. The molecule has 0 aliphatic rings. The molecule has 1 heterocycles. The predicted molar refractivity (Wildman–Crippen MR) is 86.8 cm³/mol.